The first kappa shape index (κ1) is 13.0. The van der Waals surface area contributed by atoms with E-state index in [0.29, 0.717) is 6.61 Å². The minimum atomic E-state index is -0.130. The number of hydrogen-bond donors (Lipinski definition) is 1. The van der Waals surface area contributed by atoms with E-state index >= 15 is 0 Å². The molecule has 1 saturated carbocycles. The molecule has 4 nitrogen and oxygen atoms in total. The Hall–Kier alpha value is -1.06. The van der Waals surface area contributed by atoms with Gasteiger partial charge >= 0.3 is 5.97 Å². The van der Waals surface area contributed by atoms with Crippen LogP contribution < -0.4 is 5.43 Å². The second-order valence-electron chi connectivity index (χ2n) is 5.16. The van der Waals surface area contributed by atoms with E-state index in [1.165, 1.54) is 0 Å². The predicted molar refractivity (Wildman–Crippen MR) is 64.3 cm³/mol. The highest BCUT2D eigenvalue weighted by molar-refractivity contribution is 6.03. The van der Waals surface area contributed by atoms with Crippen molar-refractivity contribution >= 4 is 11.7 Å². The molecule has 1 aliphatic rings. The van der Waals surface area contributed by atoms with Crippen LogP contribution in [0, 0.1) is 5.92 Å². The van der Waals surface area contributed by atoms with Crippen molar-refractivity contribution < 1.29 is 9.53 Å². The smallest absolute Gasteiger partial charge is 0.314 e. The third-order valence-electron chi connectivity index (χ3n) is 2.43. The number of carbonyl (C=O) groups excluding carboxylic acids is 1. The van der Waals surface area contributed by atoms with Crippen LogP contribution in [0.5, 0.6) is 0 Å². The SMILES string of the molecule is CCOC(=O)C1CCC/C1=N\NC(C)(C)C. The van der Waals surface area contributed by atoms with E-state index in [0.717, 1.165) is 25.0 Å². The number of hydrazone groups is 1. The van der Waals surface area contributed by atoms with Gasteiger partial charge in [-0.2, -0.15) is 5.10 Å². The molecule has 0 aromatic rings. The van der Waals surface area contributed by atoms with Gasteiger partial charge in [0.1, 0.15) is 0 Å². The van der Waals surface area contributed by atoms with E-state index in [4.69, 9.17) is 4.74 Å². The summed E-state index contributed by atoms with van der Waals surface area (Å²) in [4.78, 5) is 11.6. The average Bonchev–Trinajstić information content (AvgIpc) is 2.61. The number of hydrogen-bond acceptors (Lipinski definition) is 4. The Morgan fingerprint density at radius 1 is 1.56 bits per heavy atom. The van der Waals surface area contributed by atoms with Gasteiger partial charge in [0.2, 0.25) is 0 Å². The largest absolute Gasteiger partial charge is 0.465 e. The first-order valence-corrected chi connectivity index (χ1v) is 5.94. The van der Waals surface area contributed by atoms with E-state index < -0.39 is 0 Å². The summed E-state index contributed by atoms with van der Waals surface area (Å²) in [6, 6.07) is 0. The van der Waals surface area contributed by atoms with E-state index in [1.54, 1.807) is 0 Å². The zero-order chi connectivity index (χ0) is 12.2. The van der Waals surface area contributed by atoms with Gasteiger partial charge in [-0.05, 0) is 47.0 Å². The van der Waals surface area contributed by atoms with Crippen molar-refractivity contribution in [3.63, 3.8) is 0 Å². The van der Waals surface area contributed by atoms with E-state index in [1.807, 2.05) is 27.7 Å². The number of nitrogens with zero attached hydrogens (tertiary/aromatic N) is 1. The Balaban J connectivity index is 2.61. The van der Waals surface area contributed by atoms with Crippen molar-refractivity contribution in [3.8, 4) is 0 Å². The highest BCUT2D eigenvalue weighted by atomic mass is 16.5. The Labute approximate surface area is 97.4 Å². The molecule has 0 spiro atoms. The Bertz CT molecular complexity index is 279. The summed E-state index contributed by atoms with van der Waals surface area (Å²) in [5.74, 6) is -0.260. The van der Waals surface area contributed by atoms with Crippen molar-refractivity contribution in [2.45, 2.75) is 52.5 Å². The summed E-state index contributed by atoms with van der Waals surface area (Å²) < 4.78 is 5.04. The van der Waals surface area contributed by atoms with Crippen LogP contribution in [-0.4, -0.2) is 23.8 Å². The zero-order valence-corrected chi connectivity index (χ0v) is 10.7. The zero-order valence-electron chi connectivity index (χ0n) is 10.7. The molecule has 0 bridgehead atoms. The minimum Gasteiger partial charge on any atom is -0.465 e. The molecule has 1 unspecified atom stereocenters. The molecule has 0 radical (unpaired) electrons. The molecular weight excluding hydrogens is 204 g/mol. The molecule has 0 heterocycles. The van der Waals surface area contributed by atoms with Crippen LogP contribution in [0.2, 0.25) is 0 Å². The van der Waals surface area contributed by atoms with Crippen LogP contribution in [0.1, 0.15) is 47.0 Å². The van der Waals surface area contributed by atoms with Crippen LogP contribution in [0.4, 0.5) is 0 Å². The Morgan fingerprint density at radius 2 is 2.25 bits per heavy atom. The van der Waals surface area contributed by atoms with E-state index in [-0.39, 0.29) is 17.4 Å². The summed E-state index contributed by atoms with van der Waals surface area (Å²) in [6.07, 6.45) is 2.78. The lowest BCUT2D eigenvalue weighted by Crippen LogP contribution is -2.33. The summed E-state index contributed by atoms with van der Waals surface area (Å²) in [5.41, 5.74) is 3.95. The Morgan fingerprint density at radius 3 is 2.81 bits per heavy atom. The van der Waals surface area contributed by atoms with Crippen LogP contribution in [0.15, 0.2) is 5.10 Å². The summed E-state index contributed by atoms with van der Waals surface area (Å²) in [6.45, 7) is 8.41. The first-order valence-electron chi connectivity index (χ1n) is 5.94. The fourth-order valence-corrected chi connectivity index (χ4v) is 1.70. The Kier molecular flexibility index (Phi) is 4.33. The topological polar surface area (TPSA) is 50.7 Å². The van der Waals surface area contributed by atoms with Crippen molar-refractivity contribution in [2.24, 2.45) is 11.0 Å². The maximum absolute atomic E-state index is 11.6. The molecule has 0 saturated heterocycles. The minimum absolute atomic E-state index is 0.0607. The van der Waals surface area contributed by atoms with E-state index in [2.05, 4.69) is 10.5 Å². The number of nitrogens with one attached hydrogen (secondary N) is 1. The molecule has 16 heavy (non-hydrogen) atoms. The lowest BCUT2D eigenvalue weighted by Gasteiger charge is -2.19. The second-order valence-corrected chi connectivity index (χ2v) is 5.16. The van der Waals surface area contributed by atoms with Crippen LogP contribution >= 0.6 is 0 Å². The quantitative estimate of drug-likeness (QED) is 0.592. The number of carbonyl (C=O) groups is 1. The molecule has 1 fully saturated rings. The summed E-state index contributed by atoms with van der Waals surface area (Å²) >= 11 is 0. The van der Waals surface area contributed by atoms with Gasteiger partial charge in [-0.1, -0.05) is 0 Å². The predicted octanol–water partition coefficient (Wildman–Crippen LogP) is 2.09. The van der Waals surface area contributed by atoms with Gasteiger partial charge in [-0.25, -0.2) is 0 Å². The normalized spacial score (nSPS) is 23.5. The first-order chi connectivity index (χ1) is 7.44. The van der Waals surface area contributed by atoms with Gasteiger partial charge in [0.25, 0.3) is 0 Å². The lowest BCUT2D eigenvalue weighted by molar-refractivity contribution is -0.145. The molecule has 0 amide bonds. The van der Waals surface area contributed by atoms with Crippen molar-refractivity contribution in [3.05, 3.63) is 0 Å². The van der Waals surface area contributed by atoms with Crippen molar-refractivity contribution in [1.29, 1.82) is 0 Å². The highest BCUT2D eigenvalue weighted by Gasteiger charge is 2.30. The molecule has 1 atom stereocenters. The maximum Gasteiger partial charge on any atom is 0.314 e. The molecule has 0 aliphatic heterocycles. The van der Waals surface area contributed by atoms with Crippen LogP contribution in [0.3, 0.4) is 0 Å². The number of rotatable bonds is 3. The third kappa shape index (κ3) is 3.83. The molecule has 0 aromatic carbocycles. The molecule has 4 heteroatoms. The van der Waals surface area contributed by atoms with Gasteiger partial charge in [-0.3, -0.25) is 4.79 Å². The van der Waals surface area contributed by atoms with Crippen LogP contribution in [-0.2, 0) is 9.53 Å². The molecular formula is C12H22N2O2. The molecule has 1 aliphatic carbocycles. The van der Waals surface area contributed by atoms with Crippen LogP contribution in [0.25, 0.3) is 0 Å². The third-order valence-corrected chi connectivity index (χ3v) is 2.43. The maximum atomic E-state index is 11.6. The van der Waals surface area contributed by atoms with Crippen molar-refractivity contribution in [1.82, 2.24) is 5.43 Å². The molecule has 1 N–H and O–H groups in total. The van der Waals surface area contributed by atoms with E-state index in [9.17, 15) is 4.79 Å². The van der Waals surface area contributed by atoms with Gasteiger partial charge in [0.15, 0.2) is 0 Å². The monoisotopic (exact) mass is 226 g/mol. The fraction of sp³-hybridized carbons (Fsp3) is 0.833. The van der Waals surface area contributed by atoms with Gasteiger partial charge in [-0.15, -0.1) is 0 Å². The van der Waals surface area contributed by atoms with Crippen molar-refractivity contribution in [2.75, 3.05) is 6.61 Å². The van der Waals surface area contributed by atoms with Gasteiger partial charge in [0, 0.05) is 5.54 Å². The standard InChI is InChI=1S/C12H22N2O2/c1-5-16-11(15)9-7-6-8-10(9)13-14-12(2,3)4/h9,14H,5-8H2,1-4H3/b13-10+. The van der Waals surface area contributed by atoms with Gasteiger partial charge < -0.3 is 10.2 Å². The molecule has 1 rings (SSSR count). The second kappa shape index (κ2) is 5.32. The van der Waals surface area contributed by atoms with Gasteiger partial charge in [0.05, 0.1) is 18.2 Å². The highest BCUT2D eigenvalue weighted by Crippen LogP contribution is 2.24. The summed E-state index contributed by atoms with van der Waals surface area (Å²) in [5, 5.41) is 4.35. The lowest BCUT2D eigenvalue weighted by atomic mass is 10.1. The molecule has 0 aromatic heterocycles. The molecule has 92 valence electrons. The number of esters is 1. The number of ether oxygens (including phenoxy) is 1. The summed E-state index contributed by atoms with van der Waals surface area (Å²) in [7, 11) is 0. The average molecular weight is 226 g/mol. The fourth-order valence-electron chi connectivity index (χ4n) is 1.70.